The van der Waals surface area contributed by atoms with Crippen molar-refractivity contribution in [3.05, 3.63) is 35.5 Å². The molecular formula is C34H51N3O2. The Balaban J connectivity index is 1.04. The van der Waals surface area contributed by atoms with Gasteiger partial charge in [-0.1, -0.05) is 32.4 Å². The summed E-state index contributed by atoms with van der Waals surface area (Å²) in [6, 6.07) is 4.18. The molecule has 214 valence electrons. The van der Waals surface area contributed by atoms with E-state index in [0.717, 1.165) is 74.9 Å². The van der Waals surface area contributed by atoms with E-state index in [-0.39, 0.29) is 6.10 Å². The van der Waals surface area contributed by atoms with Crippen LogP contribution in [0.4, 0.5) is 5.82 Å². The first kappa shape index (κ1) is 27.3. The molecule has 8 atom stereocenters. The summed E-state index contributed by atoms with van der Waals surface area (Å²) < 4.78 is 0. The summed E-state index contributed by atoms with van der Waals surface area (Å²) in [6.07, 6.45) is 15.7. The van der Waals surface area contributed by atoms with E-state index in [9.17, 15) is 9.90 Å². The number of rotatable bonds is 5. The molecule has 5 heteroatoms. The normalized spacial score (nSPS) is 38.9. The van der Waals surface area contributed by atoms with Crippen LogP contribution in [0.3, 0.4) is 0 Å². The Morgan fingerprint density at radius 2 is 1.90 bits per heavy atom. The monoisotopic (exact) mass is 533 g/mol. The van der Waals surface area contributed by atoms with Gasteiger partial charge in [0.2, 0.25) is 5.91 Å². The molecule has 0 radical (unpaired) electrons. The van der Waals surface area contributed by atoms with Crippen molar-refractivity contribution >= 4 is 11.7 Å². The maximum absolute atomic E-state index is 13.2. The van der Waals surface area contributed by atoms with Crippen molar-refractivity contribution < 1.29 is 9.90 Å². The van der Waals surface area contributed by atoms with Crippen LogP contribution in [0.1, 0.15) is 90.5 Å². The van der Waals surface area contributed by atoms with Gasteiger partial charge in [0.1, 0.15) is 5.82 Å². The molecular weight excluding hydrogens is 482 g/mol. The SMILES string of the molecule is Cc1ccnc(N2CCN(C(=O)CC[C@@H](C)[C@H]3CC[C@H]4[C@@H]5CC=C6C[C@@H](O)CC[C@]6(C)[C@H]5CC[C@]34C)CC2)c1. The first-order valence-corrected chi connectivity index (χ1v) is 16.0. The first-order valence-electron chi connectivity index (χ1n) is 16.0. The topological polar surface area (TPSA) is 56.7 Å². The smallest absolute Gasteiger partial charge is 0.222 e. The molecule has 1 aromatic heterocycles. The van der Waals surface area contributed by atoms with E-state index in [4.69, 9.17) is 0 Å². The first-order chi connectivity index (χ1) is 18.7. The maximum atomic E-state index is 13.2. The molecule has 1 aliphatic heterocycles. The van der Waals surface area contributed by atoms with Crippen LogP contribution in [0.25, 0.3) is 0 Å². The lowest BCUT2D eigenvalue weighted by Gasteiger charge is -2.58. The Kier molecular flexibility index (Phi) is 7.35. The van der Waals surface area contributed by atoms with E-state index >= 15 is 0 Å². The third kappa shape index (κ3) is 4.85. The van der Waals surface area contributed by atoms with Crippen LogP contribution in [-0.4, -0.2) is 53.2 Å². The van der Waals surface area contributed by atoms with Crippen LogP contribution >= 0.6 is 0 Å². The van der Waals surface area contributed by atoms with Gasteiger partial charge in [0, 0.05) is 38.8 Å². The van der Waals surface area contributed by atoms with Crippen molar-refractivity contribution in [2.24, 2.45) is 40.4 Å². The molecule has 1 amide bonds. The molecule has 0 aromatic carbocycles. The highest BCUT2D eigenvalue weighted by Gasteiger charge is 2.59. The molecule has 3 saturated carbocycles. The van der Waals surface area contributed by atoms with Crippen molar-refractivity contribution in [3.8, 4) is 0 Å². The molecule has 5 nitrogen and oxygen atoms in total. The van der Waals surface area contributed by atoms with E-state index < -0.39 is 0 Å². The lowest BCUT2D eigenvalue weighted by atomic mass is 9.47. The van der Waals surface area contributed by atoms with Gasteiger partial charge < -0.3 is 14.9 Å². The van der Waals surface area contributed by atoms with Crippen LogP contribution in [0.15, 0.2) is 30.0 Å². The molecule has 2 heterocycles. The molecule has 5 aliphatic rings. The van der Waals surface area contributed by atoms with Gasteiger partial charge in [-0.05, 0) is 123 Å². The third-order valence-corrected chi connectivity index (χ3v) is 12.5. The lowest BCUT2D eigenvalue weighted by molar-refractivity contribution is -0.132. The number of hydrogen-bond donors (Lipinski definition) is 1. The van der Waals surface area contributed by atoms with E-state index in [1.54, 1.807) is 5.57 Å². The quantitative estimate of drug-likeness (QED) is 0.445. The van der Waals surface area contributed by atoms with Gasteiger partial charge in [0.15, 0.2) is 0 Å². The summed E-state index contributed by atoms with van der Waals surface area (Å²) >= 11 is 0. The predicted octanol–water partition coefficient (Wildman–Crippen LogP) is 6.39. The number of aryl methyl sites for hydroxylation is 1. The Morgan fingerprint density at radius 1 is 1.10 bits per heavy atom. The van der Waals surface area contributed by atoms with Gasteiger partial charge in [0.05, 0.1) is 6.10 Å². The van der Waals surface area contributed by atoms with Crippen molar-refractivity contribution in [1.29, 1.82) is 0 Å². The molecule has 0 bridgehead atoms. The van der Waals surface area contributed by atoms with Crippen molar-refractivity contribution in [1.82, 2.24) is 9.88 Å². The summed E-state index contributed by atoms with van der Waals surface area (Å²) in [6.45, 7) is 13.1. The van der Waals surface area contributed by atoms with Gasteiger partial charge in [-0.2, -0.15) is 0 Å². The van der Waals surface area contributed by atoms with Crippen LogP contribution in [0.5, 0.6) is 0 Å². The van der Waals surface area contributed by atoms with Gasteiger partial charge in [-0.25, -0.2) is 4.98 Å². The van der Waals surface area contributed by atoms with Crippen molar-refractivity contribution in [2.75, 3.05) is 31.1 Å². The number of fused-ring (bicyclic) bond motifs is 5. The average Bonchev–Trinajstić information content (AvgIpc) is 3.29. The number of aliphatic hydroxyl groups is 1. The fourth-order valence-electron chi connectivity index (χ4n) is 10.2. The summed E-state index contributed by atoms with van der Waals surface area (Å²) in [4.78, 5) is 22.2. The number of aliphatic hydroxyl groups excluding tert-OH is 1. The van der Waals surface area contributed by atoms with E-state index in [2.05, 4.69) is 54.6 Å². The number of hydrogen-bond acceptors (Lipinski definition) is 4. The Labute approximate surface area is 236 Å². The number of carbonyl (C=O) groups is 1. The molecule has 6 rings (SSSR count). The lowest BCUT2D eigenvalue weighted by Crippen LogP contribution is -2.51. The fraction of sp³-hybridized carbons (Fsp3) is 0.765. The number of anilines is 1. The minimum Gasteiger partial charge on any atom is -0.393 e. The highest BCUT2D eigenvalue weighted by molar-refractivity contribution is 5.76. The average molecular weight is 534 g/mol. The number of nitrogens with zero attached hydrogens (tertiary/aromatic N) is 3. The van der Waals surface area contributed by atoms with Crippen LogP contribution in [0, 0.1) is 47.3 Å². The Hall–Kier alpha value is -1.88. The molecule has 1 saturated heterocycles. The maximum Gasteiger partial charge on any atom is 0.222 e. The van der Waals surface area contributed by atoms with Gasteiger partial charge >= 0.3 is 0 Å². The second kappa shape index (κ2) is 10.5. The molecule has 1 aromatic rings. The van der Waals surface area contributed by atoms with Crippen molar-refractivity contribution in [2.45, 2.75) is 98.0 Å². The number of carbonyl (C=O) groups excluding carboxylic acids is 1. The largest absolute Gasteiger partial charge is 0.393 e. The van der Waals surface area contributed by atoms with Crippen LogP contribution < -0.4 is 4.90 Å². The second-order valence-corrected chi connectivity index (χ2v) is 14.5. The van der Waals surface area contributed by atoms with E-state index in [1.165, 1.54) is 44.1 Å². The van der Waals surface area contributed by atoms with E-state index in [0.29, 0.717) is 29.1 Å². The van der Waals surface area contributed by atoms with Gasteiger partial charge in [0.25, 0.3) is 0 Å². The van der Waals surface area contributed by atoms with E-state index in [1.807, 2.05) is 12.3 Å². The zero-order chi connectivity index (χ0) is 27.4. The molecule has 39 heavy (non-hydrogen) atoms. The van der Waals surface area contributed by atoms with Crippen LogP contribution in [0.2, 0.25) is 0 Å². The second-order valence-electron chi connectivity index (χ2n) is 14.5. The van der Waals surface area contributed by atoms with Crippen molar-refractivity contribution in [3.63, 3.8) is 0 Å². The molecule has 4 fully saturated rings. The standard InChI is InChI=1S/C34H51N3O2/c1-23-13-16-35-31(21-23)36-17-19-37(20-18-36)32(39)10-5-24(2)28-8-9-29-27-7-6-25-22-26(38)11-14-33(25,3)30(27)12-15-34(28,29)4/h6,13,16,21,24,26-30,38H,5,7-12,14-15,17-20,22H2,1-4H3/t24-,26+,27+,28-,29+,30+,33+,34-/m1/s1. The summed E-state index contributed by atoms with van der Waals surface area (Å²) in [5.74, 6) is 5.16. The zero-order valence-corrected chi connectivity index (χ0v) is 24.9. The number of amides is 1. The Bertz CT molecular complexity index is 1090. The predicted molar refractivity (Wildman–Crippen MR) is 157 cm³/mol. The summed E-state index contributed by atoms with van der Waals surface area (Å²) in [5.41, 5.74) is 3.55. The highest BCUT2D eigenvalue weighted by Crippen LogP contribution is 2.67. The summed E-state index contributed by atoms with van der Waals surface area (Å²) in [7, 11) is 0. The minimum atomic E-state index is -0.122. The Morgan fingerprint density at radius 3 is 2.67 bits per heavy atom. The zero-order valence-electron chi connectivity index (χ0n) is 24.9. The van der Waals surface area contributed by atoms with Crippen LogP contribution in [-0.2, 0) is 4.79 Å². The molecule has 0 unspecified atom stereocenters. The number of piperazine rings is 1. The third-order valence-electron chi connectivity index (χ3n) is 12.5. The molecule has 0 spiro atoms. The minimum absolute atomic E-state index is 0.122. The number of pyridine rings is 1. The number of allylic oxidation sites excluding steroid dienone is 1. The highest BCUT2D eigenvalue weighted by atomic mass is 16.3. The fourth-order valence-corrected chi connectivity index (χ4v) is 10.2. The number of aromatic nitrogens is 1. The van der Waals surface area contributed by atoms with Gasteiger partial charge in [-0.15, -0.1) is 0 Å². The summed E-state index contributed by atoms with van der Waals surface area (Å²) in [5, 5.41) is 10.3. The molecule has 1 N–H and O–H groups in total. The van der Waals surface area contributed by atoms with Gasteiger partial charge in [-0.3, -0.25) is 4.79 Å². The molecule has 4 aliphatic carbocycles.